The normalized spacial score (nSPS) is 12.1. The third-order valence-electron chi connectivity index (χ3n) is 4.35. The number of amides is 1. The van der Waals surface area contributed by atoms with Crippen molar-refractivity contribution in [3.05, 3.63) is 53.4 Å². The monoisotopic (exact) mass is 386 g/mol. The molecule has 0 aliphatic carbocycles. The van der Waals surface area contributed by atoms with E-state index in [1.54, 1.807) is 7.11 Å². The number of methoxy groups -OCH3 is 1. The highest BCUT2D eigenvalue weighted by atomic mass is 32.1. The lowest BCUT2D eigenvalue weighted by Gasteiger charge is -2.19. The molecule has 0 saturated carbocycles. The summed E-state index contributed by atoms with van der Waals surface area (Å²) in [6, 6.07) is 15.1. The van der Waals surface area contributed by atoms with Crippen molar-refractivity contribution in [2.24, 2.45) is 0 Å². The van der Waals surface area contributed by atoms with E-state index in [0.717, 1.165) is 29.0 Å². The highest BCUT2D eigenvalue weighted by molar-refractivity contribution is 7.71. The number of oxazole rings is 1. The van der Waals surface area contributed by atoms with Gasteiger partial charge in [0, 0.05) is 0 Å². The molecule has 142 valence electrons. The van der Waals surface area contributed by atoms with Gasteiger partial charge in [0.05, 0.1) is 24.9 Å². The molecule has 1 aromatic heterocycles. The van der Waals surface area contributed by atoms with Crippen LogP contribution in [0.25, 0.3) is 11.1 Å². The molecule has 0 bridgehead atoms. The van der Waals surface area contributed by atoms with Crippen LogP contribution in [0.5, 0.6) is 5.75 Å². The predicted octanol–water partition coefficient (Wildman–Crippen LogP) is 2.86. The smallest absolute Gasteiger partial charge is 0.279 e. The van der Waals surface area contributed by atoms with Gasteiger partial charge in [-0.25, -0.2) is 0 Å². The van der Waals surface area contributed by atoms with E-state index >= 15 is 0 Å². The molecule has 27 heavy (non-hydrogen) atoms. The van der Waals surface area contributed by atoms with E-state index in [-0.39, 0.29) is 5.91 Å². The van der Waals surface area contributed by atoms with Gasteiger partial charge in [-0.3, -0.25) is 9.36 Å². The number of anilines is 1. The number of hydrogen-bond donors (Lipinski definition) is 2. The third-order valence-corrected chi connectivity index (χ3v) is 4.65. The zero-order chi connectivity index (χ0) is 19.2. The summed E-state index contributed by atoms with van der Waals surface area (Å²) in [5, 5.41) is 2.94. The Labute approximate surface area is 163 Å². The predicted molar refractivity (Wildman–Crippen MR) is 108 cm³/mol. The van der Waals surface area contributed by atoms with E-state index in [1.165, 1.54) is 0 Å². The van der Waals surface area contributed by atoms with Crippen molar-refractivity contribution in [1.29, 1.82) is 0 Å². The average molecular weight is 386 g/mol. The van der Waals surface area contributed by atoms with Crippen LogP contribution in [0.4, 0.5) is 5.69 Å². The van der Waals surface area contributed by atoms with Gasteiger partial charge in [0.1, 0.15) is 5.75 Å². The summed E-state index contributed by atoms with van der Waals surface area (Å²) in [5.41, 5.74) is 2.38. The summed E-state index contributed by atoms with van der Waals surface area (Å²) < 4.78 is 12.9. The Kier molecular flexibility index (Phi) is 6.26. The minimum Gasteiger partial charge on any atom is -0.495 e. The molecule has 3 rings (SSSR count). The number of carbonyl (C=O) groups is 1. The molecule has 2 N–H and O–H groups in total. The number of hydrogen-bond acceptors (Lipinski definition) is 4. The Morgan fingerprint density at radius 1 is 1.22 bits per heavy atom. The maximum absolute atomic E-state index is 12.6. The Morgan fingerprint density at radius 3 is 2.74 bits per heavy atom. The molecule has 1 amide bonds. The molecular formula is C20H24N3O3S+. The summed E-state index contributed by atoms with van der Waals surface area (Å²) in [5.74, 6) is 0.577. The van der Waals surface area contributed by atoms with Gasteiger partial charge < -0.3 is 19.4 Å². The Morgan fingerprint density at radius 2 is 1.96 bits per heavy atom. The number of nitrogens with one attached hydrogen (secondary N) is 2. The second-order valence-corrected chi connectivity index (χ2v) is 6.70. The lowest BCUT2D eigenvalue weighted by Crippen LogP contribution is -3.12. The maximum atomic E-state index is 12.6. The van der Waals surface area contributed by atoms with Gasteiger partial charge in [0.2, 0.25) is 0 Å². The fourth-order valence-electron chi connectivity index (χ4n) is 3.13. The molecule has 0 saturated heterocycles. The van der Waals surface area contributed by atoms with Gasteiger partial charge in [0.25, 0.3) is 10.7 Å². The van der Waals surface area contributed by atoms with Crippen molar-refractivity contribution in [2.75, 3.05) is 25.5 Å². The number of aromatic nitrogens is 1. The highest BCUT2D eigenvalue weighted by Crippen LogP contribution is 2.22. The first kappa shape index (κ1) is 19.1. The molecule has 1 atom stereocenters. The Balaban J connectivity index is 1.74. The van der Waals surface area contributed by atoms with Crippen LogP contribution in [0.3, 0.4) is 0 Å². The van der Waals surface area contributed by atoms with E-state index < -0.39 is 0 Å². The first-order chi connectivity index (χ1) is 13.1. The summed E-state index contributed by atoms with van der Waals surface area (Å²) in [6.07, 6.45) is 0.959. The third kappa shape index (κ3) is 4.56. The Bertz CT molecular complexity index is 980. The van der Waals surface area contributed by atoms with Gasteiger partial charge in [-0.05, 0) is 42.9 Å². The van der Waals surface area contributed by atoms with E-state index in [1.807, 2.05) is 53.1 Å². The molecule has 0 radical (unpaired) electrons. The van der Waals surface area contributed by atoms with E-state index in [2.05, 4.69) is 12.2 Å². The molecule has 1 unspecified atom stereocenters. The number of fused-ring (bicyclic) bond motifs is 1. The van der Waals surface area contributed by atoms with Crippen molar-refractivity contribution in [2.45, 2.75) is 20.0 Å². The number of benzene rings is 2. The molecule has 0 aliphatic rings. The molecular weight excluding hydrogens is 362 g/mol. The minimum absolute atomic E-state index is 0.0673. The van der Waals surface area contributed by atoms with Crippen LogP contribution in [0.15, 0.2) is 52.9 Å². The lowest BCUT2D eigenvalue weighted by atomic mass is 10.3. The summed E-state index contributed by atoms with van der Waals surface area (Å²) >= 11 is 5.37. The molecule has 3 aromatic rings. The van der Waals surface area contributed by atoms with Crippen LogP contribution in [0.1, 0.15) is 13.3 Å². The number of quaternary nitrogens is 1. The SMILES string of the molecule is CCC[NH+](CC(=O)Nc1ccccc1OC)Cn1c(=S)oc2ccccc21. The summed E-state index contributed by atoms with van der Waals surface area (Å²) in [7, 11) is 1.59. The standard InChI is InChI=1S/C20H23N3O3S/c1-3-12-22(13-19(24)21-15-8-4-6-10-17(15)25-2)14-23-16-9-5-7-11-18(16)26-20(23)27/h4-11H,3,12-14H2,1-2H3,(H,21,24)/p+1. The largest absolute Gasteiger partial charge is 0.495 e. The molecule has 0 spiro atoms. The van der Waals surface area contributed by atoms with Crippen molar-refractivity contribution < 1.29 is 18.8 Å². The molecule has 6 nitrogen and oxygen atoms in total. The quantitative estimate of drug-likeness (QED) is 0.585. The lowest BCUT2D eigenvalue weighted by molar-refractivity contribution is -0.914. The molecule has 0 fully saturated rings. The van der Waals surface area contributed by atoms with Crippen molar-refractivity contribution in [3.8, 4) is 5.75 Å². The zero-order valence-electron chi connectivity index (χ0n) is 15.5. The number of para-hydroxylation sites is 4. The maximum Gasteiger partial charge on any atom is 0.279 e. The number of rotatable bonds is 8. The Hall–Kier alpha value is -2.64. The van der Waals surface area contributed by atoms with Crippen molar-refractivity contribution in [3.63, 3.8) is 0 Å². The molecule has 1 heterocycles. The van der Waals surface area contributed by atoms with E-state index in [0.29, 0.717) is 29.5 Å². The molecule has 7 heteroatoms. The fraction of sp³-hybridized carbons (Fsp3) is 0.300. The molecule has 0 aliphatic heterocycles. The van der Waals surface area contributed by atoms with Gasteiger partial charge >= 0.3 is 0 Å². The highest BCUT2D eigenvalue weighted by Gasteiger charge is 2.18. The fourth-order valence-corrected chi connectivity index (χ4v) is 3.39. The number of carbonyl (C=O) groups excluding carboxylic acids is 1. The topological polar surface area (TPSA) is 60.8 Å². The van der Waals surface area contributed by atoms with Crippen LogP contribution < -0.4 is 15.0 Å². The van der Waals surface area contributed by atoms with E-state index in [9.17, 15) is 4.79 Å². The number of ether oxygens (including phenoxy) is 1. The summed E-state index contributed by atoms with van der Waals surface area (Å²) in [4.78, 5) is 14.1. The van der Waals surface area contributed by atoms with Gasteiger partial charge in [-0.15, -0.1) is 0 Å². The summed E-state index contributed by atoms with van der Waals surface area (Å²) in [6.45, 7) is 3.85. The second kappa shape index (κ2) is 8.83. The van der Waals surface area contributed by atoms with Crippen LogP contribution in [-0.4, -0.2) is 30.7 Å². The van der Waals surface area contributed by atoms with Crippen molar-refractivity contribution >= 4 is 34.9 Å². The van der Waals surface area contributed by atoms with Gasteiger partial charge in [0.15, 0.2) is 18.8 Å². The van der Waals surface area contributed by atoms with Crippen LogP contribution in [0, 0.1) is 4.84 Å². The van der Waals surface area contributed by atoms with Crippen LogP contribution in [-0.2, 0) is 11.5 Å². The average Bonchev–Trinajstić information content (AvgIpc) is 2.98. The first-order valence-corrected chi connectivity index (χ1v) is 9.38. The zero-order valence-corrected chi connectivity index (χ0v) is 16.3. The van der Waals surface area contributed by atoms with E-state index in [4.69, 9.17) is 21.4 Å². The first-order valence-electron chi connectivity index (χ1n) is 8.97. The van der Waals surface area contributed by atoms with Crippen LogP contribution in [0.2, 0.25) is 0 Å². The van der Waals surface area contributed by atoms with Crippen LogP contribution >= 0.6 is 12.2 Å². The second-order valence-electron chi connectivity index (χ2n) is 6.35. The van der Waals surface area contributed by atoms with Crippen molar-refractivity contribution in [1.82, 2.24) is 4.57 Å². The van der Waals surface area contributed by atoms with Gasteiger partial charge in [-0.1, -0.05) is 31.2 Å². The molecule has 2 aromatic carbocycles. The number of nitrogens with zero attached hydrogens (tertiary/aromatic N) is 1. The minimum atomic E-state index is -0.0673. The van der Waals surface area contributed by atoms with Gasteiger partial charge in [-0.2, -0.15) is 0 Å².